The molecule has 2 N–H and O–H groups in total. The molecule has 0 unspecified atom stereocenters. The number of aryl methyl sites for hydroxylation is 1. The molecule has 1 amide bonds. The maximum atomic E-state index is 11.2. The third-order valence-corrected chi connectivity index (χ3v) is 2.07. The first-order chi connectivity index (χ1) is 6.74. The summed E-state index contributed by atoms with van der Waals surface area (Å²) in [6.45, 7) is 3.01. The normalized spacial score (nSPS) is 9.86. The zero-order valence-corrected chi connectivity index (χ0v) is 8.63. The molecule has 0 aliphatic heterocycles. The van der Waals surface area contributed by atoms with Crippen molar-refractivity contribution in [3.63, 3.8) is 0 Å². The fourth-order valence-electron chi connectivity index (χ4n) is 1.23. The summed E-state index contributed by atoms with van der Waals surface area (Å²) in [5, 5.41) is 5.65. The summed E-state index contributed by atoms with van der Waals surface area (Å²) >= 11 is 0. The Morgan fingerprint density at radius 3 is 2.71 bits per heavy atom. The lowest BCUT2D eigenvalue weighted by Gasteiger charge is -2.07. The predicted molar refractivity (Wildman–Crippen MR) is 57.0 cm³/mol. The van der Waals surface area contributed by atoms with E-state index < -0.39 is 0 Å². The van der Waals surface area contributed by atoms with E-state index in [1.807, 2.05) is 31.2 Å². The van der Waals surface area contributed by atoms with Crippen LogP contribution in [0.25, 0.3) is 0 Å². The number of carbonyl (C=O) groups is 1. The summed E-state index contributed by atoms with van der Waals surface area (Å²) in [4.78, 5) is 11.2. The Labute approximate surface area is 84.5 Å². The van der Waals surface area contributed by atoms with Gasteiger partial charge < -0.3 is 10.6 Å². The second-order valence-electron chi connectivity index (χ2n) is 3.23. The van der Waals surface area contributed by atoms with Crippen LogP contribution in [0.2, 0.25) is 0 Å². The molecule has 0 fully saturated rings. The maximum Gasteiger partial charge on any atom is 0.234 e. The van der Waals surface area contributed by atoms with Crippen molar-refractivity contribution >= 4 is 5.91 Å². The lowest BCUT2D eigenvalue weighted by Crippen LogP contribution is -2.31. The molecule has 0 aliphatic carbocycles. The first-order valence-electron chi connectivity index (χ1n) is 4.70. The molecule has 1 aromatic carbocycles. The topological polar surface area (TPSA) is 41.1 Å². The Balaban J connectivity index is 2.46. The van der Waals surface area contributed by atoms with Crippen molar-refractivity contribution in [2.45, 2.75) is 13.5 Å². The number of likely N-dealkylation sites (N-methyl/N-ethyl adjacent to an activating group) is 1. The van der Waals surface area contributed by atoms with Crippen LogP contribution in [0.15, 0.2) is 24.3 Å². The zero-order chi connectivity index (χ0) is 10.4. The summed E-state index contributed by atoms with van der Waals surface area (Å²) in [6, 6.07) is 8.04. The van der Waals surface area contributed by atoms with Crippen LogP contribution in [-0.2, 0) is 11.3 Å². The number of carbonyl (C=O) groups excluding carboxylic acids is 1. The number of hydrogen-bond donors (Lipinski definition) is 2. The number of nitrogens with one attached hydrogen (secondary N) is 2. The molecule has 1 rings (SSSR count). The van der Waals surface area contributed by atoms with Gasteiger partial charge in [-0.3, -0.25) is 4.79 Å². The van der Waals surface area contributed by atoms with E-state index in [2.05, 4.69) is 10.6 Å². The minimum Gasteiger partial charge on any atom is -0.351 e. The number of hydrogen-bond acceptors (Lipinski definition) is 2. The van der Waals surface area contributed by atoms with Crippen LogP contribution in [0.5, 0.6) is 0 Å². The largest absolute Gasteiger partial charge is 0.351 e. The van der Waals surface area contributed by atoms with E-state index in [0.29, 0.717) is 13.1 Å². The van der Waals surface area contributed by atoms with E-state index in [4.69, 9.17) is 0 Å². The average molecular weight is 192 g/mol. The zero-order valence-electron chi connectivity index (χ0n) is 8.63. The Hall–Kier alpha value is -1.35. The molecule has 0 aliphatic rings. The maximum absolute atomic E-state index is 11.2. The van der Waals surface area contributed by atoms with Crippen LogP contribution in [0.1, 0.15) is 11.1 Å². The molecule has 0 saturated heterocycles. The summed E-state index contributed by atoms with van der Waals surface area (Å²) in [5.74, 6) is 0.0238. The SMILES string of the molecule is CNCC(=O)NCc1ccccc1C. The first-order valence-corrected chi connectivity index (χ1v) is 4.70. The molecule has 14 heavy (non-hydrogen) atoms. The molecular formula is C11H16N2O. The molecule has 3 nitrogen and oxygen atoms in total. The highest BCUT2D eigenvalue weighted by molar-refractivity contribution is 5.77. The first kappa shape index (κ1) is 10.7. The monoisotopic (exact) mass is 192 g/mol. The minimum absolute atomic E-state index is 0.0238. The van der Waals surface area contributed by atoms with Crippen molar-refractivity contribution in [1.29, 1.82) is 0 Å². The molecule has 0 atom stereocenters. The van der Waals surface area contributed by atoms with Crippen molar-refractivity contribution in [1.82, 2.24) is 10.6 Å². The predicted octanol–water partition coefficient (Wildman–Crippen LogP) is 0.831. The van der Waals surface area contributed by atoms with E-state index in [1.54, 1.807) is 7.05 Å². The summed E-state index contributed by atoms with van der Waals surface area (Å²) < 4.78 is 0. The molecule has 1 aromatic rings. The third-order valence-electron chi connectivity index (χ3n) is 2.07. The van der Waals surface area contributed by atoms with Crippen molar-refractivity contribution in [3.05, 3.63) is 35.4 Å². The number of amides is 1. The Morgan fingerprint density at radius 2 is 2.07 bits per heavy atom. The van der Waals surface area contributed by atoms with Gasteiger partial charge in [-0.1, -0.05) is 24.3 Å². The van der Waals surface area contributed by atoms with Gasteiger partial charge in [0.2, 0.25) is 5.91 Å². The molecule has 0 aromatic heterocycles. The average Bonchev–Trinajstić information content (AvgIpc) is 2.17. The van der Waals surface area contributed by atoms with E-state index in [-0.39, 0.29) is 5.91 Å². The van der Waals surface area contributed by atoms with Gasteiger partial charge in [0.05, 0.1) is 6.54 Å². The Bertz CT molecular complexity index is 310. The molecule has 0 heterocycles. The van der Waals surface area contributed by atoms with Crippen molar-refractivity contribution in [2.24, 2.45) is 0 Å². The van der Waals surface area contributed by atoms with Crippen molar-refractivity contribution < 1.29 is 4.79 Å². The summed E-state index contributed by atoms with van der Waals surface area (Å²) in [6.07, 6.45) is 0. The smallest absolute Gasteiger partial charge is 0.234 e. The highest BCUT2D eigenvalue weighted by Gasteiger charge is 2.00. The second kappa shape index (κ2) is 5.40. The highest BCUT2D eigenvalue weighted by Crippen LogP contribution is 2.05. The van der Waals surface area contributed by atoms with Gasteiger partial charge in [-0.2, -0.15) is 0 Å². The van der Waals surface area contributed by atoms with Crippen molar-refractivity contribution in [2.75, 3.05) is 13.6 Å². The Morgan fingerprint density at radius 1 is 1.36 bits per heavy atom. The van der Waals surface area contributed by atoms with Gasteiger partial charge in [0.15, 0.2) is 0 Å². The number of rotatable bonds is 4. The van der Waals surface area contributed by atoms with E-state index >= 15 is 0 Å². The molecule has 76 valence electrons. The van der Waals surface area contributed by atoms with Gasteiger partial charge in [-0.05, 0) is 25.1 Å². The van der Waals surface area contributed by atoms with Gasteiger partial charge in [-0.25, -0.2) is 0 Å². The minimum atomic E-state index is 0.0238. The van der Waals surface area contributed by atoms with Crippen LogP contribution in [0.4, 0.5) is 0 Å². The van der Waals surface area contributed by atoms with Crippen molar-refractivity contribution in [3.8, 4) is 0 Å². The fraction of sp³-hybridized carbons (Fsp3) is 0.364. The third kappa shape index (κ3) is 3.18. The molecule has 0 radical (unpaired) electrons. The number of benzene rings is 1. The molecule has 3 heteroatoms. The molecule has 0 spiro atoms. The standard InChI is InChI=1S/C11H16N2O/c1-9-5-3-4-6-10(9)7-13-11(14)8-12-2/h3-6,12H,7-8H2,1-2H3,(H,13,14). The van der Waals surface area contributed by atoms with E-state index in [1.165, 1.54) is 5.56 Å². The quantitative estimate of drug-likeness (QED) is 0.742. The van der Waals surface area contributed by atoms with Crippen LogP contribution >= 0.6 is 0 Å². The molecule has 0 saturated carbocycles. The summed E-state index contributed by atoms with van der Waals surface area (Å²) in [7, 11) is 1.76. The van der Waals surface area contributed by atoms with E-state index in [9.17, 15) is 4.79 Å². The highest BCUT2D eigenvalue weighted by atomic mass is 16.1. The van der Waals surface area contributed by atoms with Gasteiger partial charge in [0.25, 0.3) is 0 Å². The van der Waals surface area contributed by atoms with Gasteiger partial charge in [0, 0.05) is 6.54 Å². The van der Waals surface area contributed by atoms with Crippen LogP contribution in [0.3, 0.4) is 0 Å². The molecule has 0 bridgehead atoms. The van der Waals surface area contributed by atoms with Crippen LogP contribution in [0, 0.1) is 6.92 Å². The van der Waals surface area contributed by atoms with Gasteiger partial charge in [-0.15, -0.1) is 0 Å². The summed E-state index contributed by atoms with van der Waals surface area (Å²) in [5.41, 5.74) is 2.37. The van der Waals surface area contributed by atoms with Crippen LogP contribution in [-0.4, -0.2) is 19.5 Å². The Kier molecular flexibility index (Phi) is 4.13. The van der Waals surface area contributed by atoms with Crippen LogP contribution < -0.4 is 10.6 Å². The fourth-order valence-corrected chi connectivity index (χ4v) is 1.23. The van der Waals surface area contributed by atoms with Gasteiger partial charge in [0.1, 0.15) is 0 Å². The molecular weight excluding hydrogens is 176 g/mol. The van der Waals surface area contributed by atoms with Gasteiger partial charge >= 0.3 is 0 Å². The second-order valence-corrected chi connectivity index (χ2v) is 3.23. The lowest BCUT2D eigenvalue weighted by molar-refractivity contribution is -0.120. The lowest BCUT2D eigenvalue weighted by atomic mass is 10.1. The van der Waals surface area contributed by atoms with E-state index in [0.717, 1.165) is 5.56 Å².